The zero-order chi connectivity index (χ0) is 20.8. The monoisotopic (exact) mass is 378 g/mol. The quantitative estimate of drug-likeness (QED) is 0.484. The van der Waals surface area contributed by atoms with Crippen molar-refractivity contribution in [2.45, 2.75) is 67.7 Å². The molecule has 4 nitrogen and oxygen atoms in total. The molecule has 0 saturated carbocycles. The van der Waals surface area contributed by atoms with Gasteiger partial charge in [0, 0.05) is 0 Å². The van der Waals surface area contributed by atoms with Gasteiger partial charge in [-0.05, 0) is 54.9 Å². The molecule has 0 unspecified atom stereocenters. The second kappa shape index (κ2) is 14.2. The first-order valence-electron chi connectivity index (χ1n) is 10.1. The van der Waals surface area contributed by atoms with Crippen LogP contribution in [0.3, 0.4) is 0 Å². The summed E-state index contributed by atoms with van der Waals surface area (Å²) in [6, 6.07) is 6.38. The van der Waals surface area contributed by atoms with Crippen LogP contribution in [0.25, 0.3) is 0 Å². The molecule has 1 rings (SSSR count). The Balaban J connectivity index is 0.00000119. The fraction of sp³-hybridized carbons (Fsp3) is 0.652. The van der Waals surface area contributed by atoms with Crippen LogP contribution in [-0.2, 0) is 9.47 Å². The van der Waals surface area contributed by atoms with Crippen LogP contribution in [0.1, 0.15) is 88.4 Å². The van der Waals surface area contributed by atoms with Crippen molar-refractivity contribution in [2.24, 2.45) is 17.8 Å². The lowest BCUT2D eigenvalue weighted by atomic mass is 10.1. The molecular formula is C23H38O4. The topological polar surface area (TPSA) is 52.6 Å². The zero-order valence-electron chi connectivity index (χ0n) is 18.2. The van der Waals surface area contributed by atoms with Gasteiger partial charge < -0.3 is 9.47 Å². The number of carbonyl (C=O) groups is 2. The molecule has 0 aliphatic rings. The average molecular weight is 379 g/mol. The van der Waals surface area contributed by atoms with E-state index in [1.807, 2.05) is 0 Å². The standard InChI is InChI=1S/C18H26O4.C5H12/c1-13(2)9-11-21-17(19)15-5-7-16(8-6-15)18(20)22-12-10-14(3)4;1-4-5(2)3/h5-8,13-14H,9-12H2,1-4H3;5H,4H2,1-3H3. The molecule has 0 radical (unpaired) electrons. The molecule has 0 saturated heterocycles. The van der Waals surface area contributed by atoms with Crippen molar-refractivity contribution in [3.8, 4) is 0 Å². The van der Waals surface area contributed by atoms with Crippen molar-refractivity contribution in [3.05, 3.63) is 35.4 Å². The Kier molecular flexibility index (Phi) is 13.3. The van der Waals surface area contributed by atoms with Crippen molar-refractivity contribution >= 4 is 11.9 Å². The van der Waals surface area contributed by atoms with Gasteiger partial charge in [0.05, 0.1) is 24.3 Å². The highest BCUT2D eigenvalue weighted by Gasteiger charge is 2.11. The minimum absolute atomic E-state index is 0.361. The fourth-order valence-electron chi connectivity index (χ4n) is 1.68. The van der Waals surface area contributed by atoms with Gasteiger partial charge in [0.25, 0.3) is 0 Å². The maximum absolute atomic E-state index is 11.8. The molecule has 4 heteroatoms. The smallest absolute Gasteiger partial charge is 0.338 e. The minimum Gasteiger partial charge on any atom is -0.462 e. The number of esters is 2. The molecule has 0 atom stereocenters. The normalized spacial score (nSPS) is 10.6. The molecule has 0 N–H and O–H groups in total. The molecule has 0 aromatic heterocycles. The summed E-state index contributed by atoms with van der Waals surface area (Å²) < 4.78 is 10.4. The third-order valence-electron chi connectivity index (χ3n) is 4.03. The predicted molar refractivity (Wildman–Crippen MR) is 111 cm³/mol. The number of hydrogen-bond acceptors (Lipinski definition) is 4. The van der Waals surface area contributed by atoms with Crippen LogP contribution in [0.15, 0.2) is 24.3 Å². The van der Waals surface area contributed by atoms with Gasteiger partial charge in [-0.25, -0.2) is 9.59 Å². The third kappa shape index (κ3) is 13.0. The van der Waals surface area contributed by atoms with E-state index in [1.54, 1.807) is 24.3 Å². The summed E-state index contributed by atoms with van der Waals surface area (Å²) in [6.45, 7) is 15.8. The Morgan fingerprint density at radius 3 is 1.22 bits per heavy atom. The van der Waals surface area contributed by atoms with Crippen LogP contribution in [-0.4, -0.2) is 25.2 Å². The van der Waals surface area contributed by atoms with E-state index >= 15 is 0 Å². The molecule has 27 heavy (non-hydrogen) atoms. The van der Waals surface area contributed by atoms with Crippen LogP contribution in [0, 0.1) is 17.8 Å². The van der Waals surface area contributed by atoms with Gasteiger partial charge >= 0.3 is 11.9 Å². The van der Waals surface area contributed by atoms with Crippen LogP contribution < -0.4 is 0 Å². The summed E-state index contributed by atoms with van der Waals surface area (Å²) in [5.74, 6) is 1.15. The van der Waals surface area contributed by atoms with Crippen molar-refractivity contribution < 1.29 is 19.1 Å². The van der Waals surface area contributed by atoms with Gasteiger partial charge in [0.2, 0.25) is 0 Å². The molecule has 1 aromatic carbocycles. The van der Waals surface area contributed by atoms with Crippen LogP contribution in [0.4, 0.5) is 0 Å². The Morgan fingerprint density at radius 1 is 0.704 bits per heavy atom. The molecule has 0 amide bonds. The molecule has 0 fully saturated rings. The van der Waals surface area contributed by atoms with Gasteiger partial charge in [-0.3, -0.25) is 0 Å². The third-order valence-corrected chi connectivity index (χ3v) is 4.03. The zero-order valence-corrected chi connectivity index (χ0v) is 18.2. The SMILES string of the molecule is CC(C)CCOC(=O)c1ccc(C(=O)OCCC(C)C)cc1.CCC(C)C. The van der Waals surface area contributed by atoms with E-state index in [1.165, 1.54) is 6.42 Å². The van der Waals surface area contributed by atoms with E-state index in [0.717, 1.165) is 18.8 Å². The second-order valence-corrected chi connectivity index (χ2v) is 8.02. The Hall–Kier alpha value is -1.84. The van der Waals surface area contributed by atoms with Gasteiger partial charge in [0.15, 0.2) is 0 Å². The van der Waals surface area contributed by atoms with Crippen LogP contribution in [0.2, 0.25) is 0 Å². The van der Waals surface area contributed by atoms with Gasteiger partial charge in [-0.1, -0.05) is 54.9 Å². The lowest BCUT2D eigenvalue weighted by molar-refractivity contribution is 0.0473. The van der Waals surface area contributed by atoms with Crippen molar-refractivity contribution in [1.82, 2.24) is 0 Å². The summed E-state index contributed by atoms with van der Waals surface area (Å²) in [7, 11) is 0. The van der Waals surface area contributed by atoms with Gasteiger partial charge in [0.1, 0.15) is 0 Å². The highest BCUT2D eigenvalue weighted by molar-refractivity contribution is 5.93. The lowest BCUT2D eigenvalue weighted by Crippen LogP contribution is -2.10. The Morgan fingerprint density at radius 2 is 1.00 bits per heavy atom. The van der Waals surface area contributed by atoms with E-state index in [-0.39, 0.29) is 11.9 Å². The fourth-order valence-corrected chi connectivity index (χ4v) is 1.68. The van der Waals surface area contributed by atoms with Crippen molar-refractivity contribution in [2.75, 3.05) is 13.2 Å². The lowest BCUT2D eigenvalue weighted by Gasteiger charge is -2.08. The molecule has 1 aromatic rings. The number of ether oxygens (including phenoxy) is 2. The summed E-state index contributed by atoms with van der Waals surface area (Å²) in [6.07, 6.45) is 2.98. The number of benzene rings is 1. The van der Waals surface area contributed by atoms with E-state index in [2.05, 4.69) is 48.5 Å². The Bertz CT molecular complexity index is 485. The first-order valence-corrected chi connectivity index (χ1v) is 10.1. The molecule has 0 aliphatic carbocycles. The van der Waals surface area contributed by atoms with Crippen LogP contribution in [0.5, 0.6) is 0 Å². The highest BCUT2D eigenvalue weighted by atomic mass is 16.5. The van der Waals surface area contributed by atoms with E-state index in [4.69, 9.17) is 9.47 Å². The summed E-state index contributed by atoms with van der Waals surface area (Å²) in [5.41, 5.74) is 0.893. The van der Waals surface area contributed by atoms with Gasteiger partial charge in [-0.15, -0.1) is 0 Å². The average Bonchev–Trinajstić information content (AvgIpc) is 2.61. The Labute approximate surface area is 165 Å². The number of hydrogen-bond donors (Lipinski definition) is 0. The maximum Gasteiger partial charge on any atom is 0.338 e. The molecule has 154 valence electrons. The first-order chi connectivity index (χ1) is 12.7. The number of rotatable bonds is 9. The number of carbonyl (C=O) groups excluding carboxylic acids is 2. The summed E-state index contributed by atoms with van der Waals surface area (Å²) >= 11 is 0. The highest BCUT2D eigenvalue weighted by Crippen LogP contribution is 2.09. The molecule has 0 heterocycles. The van der Waals surface area contributed by atoms with E-state index in [9.17, 15) is 9.59 Å². The molecule has 0 aliphatic heterocycles. The van der Waals surface area contributed by atoms with Crippen molar-refractivity contribution in [3.63, 3.8) is 0 Å². The van der Waals surface area contributed by atoms with Gasteiger partial charge in [-0.2, -0.15) is 0 Å². The van der Waals surface area contributed by atoms with E-state index in [0.29, 0.717) is 36.2 Å². The van der Waals surface area contributed by atoms with E-state index < -0.39 is 0 Å². The molecule has 0 spiro atoms. The van der Waals surface area contributed by atoms with Crippen molar-refractivity contribution in [1.29, 1.82) is 0 Å². The minimum atomic E-state index is -0.361. The maximum atomic E-state index is 11.8. The molecule has 0 bridgehead atoms. The van der Waals surface area contributed by atoms with Crippen LogP contribution >= 0.6 is 0 Å². The predicted octanol–water partition coefficient (Wildman–Crippen LogP) is 6.14. The second-order valence-electron chi connectivity index (χ2n) is 8.02. The summed E-state index contributed by atoms with van der Waals surface area (Å²) in [4.78, 5) is 23.6. The summed E-state index contributed by atoms with van der Waals surface area (Å²) in [5, 5.41) is 0. The molecular weight excluding hydrogens is 340 g/mol. The largest absolute Gasteiger partial charge is 0.462 e. The first kappa shape index (κ1) is 25.2.